The van der Waals surface area contributed by atoms with Gasteiger partial charge in [0.25, 0.3) is 0 Å². The Morgan fingerprint density at radius 3 is 2.61 bits per heavy atom. The Hall–Kier alpha value is -2.60. The molecule has 0 saturated carbocycles. The van der Waals surface area contributed by atoms with Crippen LogP contribution in [0, 0.1) is 5.92 Å². The van der Waals surface area contributed by atoms with Gasteiger partial charge in [0, 0.05) is 24.9 Å². The molecule has 0 aliphatic carbocycles. The van der Waals surface area contributed by atoms with E-state index >= 15 is 0 Å². The predicted octanol–water partition coefficient (Wildman–Crippen LogP) is -0.266. The zero-order chi connectivity index (χ0) is 24.5. The van der Waals surface area contributed by atoms with Gasteiger partial charge in [-0.25, -0.2) is 9.78 Å². The lowest BCUT2D eigenvalue weighted by Crippen LogP contribution is -2.59. The lowest BCUT2D eigenvalue weighted by atomic mass is 10.0. The molecular formula is C21H34N6O5S. The Morgan fingerprint density at radius 2 is 2.03 bits per heavy atom. The molecule has 6 N–H and O–H groups in total. The number of carbonyl (C=O) groups excluding carboxylic acids is 3. The van der Waals surface area contributed by atoms with Crippen LogP contribution in [0.1, 0.15) is 38.8 Å². The van der Waals surface area contributed by atoms with Crippen LogP contribution >= 0.6 is 11.8 Å². The molecule has 0 radical (unpaired) electrons. The lowest BCUT2D eigenvalue weighted by molar-refractivity contribution is -0.150. The summed E-state index contributed by atoms with van der Waals surface area (Å²) in [7, 11) is 0. The number of H-pyrrole nitrogens is 1. The summed E-state index contributed by atoms with van der Waals surface area (Å²) in [4.78, 5) is 58.6. The zero-order valence-corrected chi connectivity index (χ0v) is 20.1. The number of hydrogen-bond acceptors (Lipinski definition) is 7. The van der Waals surface area contributed by atoms with Crippen molar-refractivity contribution in [1.29, 1.82) is 0 Å². The molecule has 4 atom stereocenters. The van der Waals surface area contributed by atoms with Gasteiger partial charge in [0.1, 0.15) is 18.1 Å². The van der Waals surface area contributed by atoms with Crippen molar-refractivity contribution in [3.05, 3.63) is 18.2 Å². The third-order valence-electron chi connectivity index (χ3n) is 5.63. The smallest absolute Gasteiger partial charge is 0.326 e. The molecule has 3 amide bonds. The standard InChI is InChI=1S/C21H34N6O5S/c1-12(2)17(20(30)27-7-4-5-16(27)21(31)32)26-19(29)15(9-13-10-23-11-24-13)25-18(28)14(22)6-8-33-3/h10-12,14-17H,4-9,22H2,1-3H3,(H,23,24)(H,25,28)(H,26,29)(H,31,32). The first-order valence-corrected chi connectivity index (χ1v) is 12.4. The maximum atomic E-state index is 13.2. The topological polar surface area (TPSA) is 171 Å². The molecule has 1 fully saturated rings. The summed E-state index contributed by atoms with van der Waals surface area (Å²) < 4.78 is 0. The van der Waals surface area contributed by atoms with E-state index in [1.165, 1.54) is 11.2 Å². The second-order valence-corrected chi connectivity index (χ2v) is 9.47. The van der Waals surface area contributed by atoms with Crippen LogP contribution in [0.15, 0.2) is 12.5 Å². The number of aromatic nitrogens is 2. The van der Waals surface area contributed by atoms with E-state index in [1.54, 1.807) is 31.8 Å². The second-order valence-electron chi connectivity index (χ2n) is 8.49. The van der Waals surface area contributed by atoms with E-state index in [1.807, 2.05) is 6.26 Å². The molecular weight excluding hydrogens is 448 g/mol. The largest absolute Gasteiger partial charge is 0.480 e. The summed E-state index contributed by atoms with van der Waals surface area (Å²) in [6, 6.07) is -3.58. The van der Waals surface area contributed by atoms with Gasteiger partial charge in [-0.3, -0.25) is 14.4 Å². The number of rotatable bonds is 12. The molecule has 4 unspecified atom stereocenters. The summed E-state index contributed by atoms with van der Waals surface area (Å²) in [6.07, 6.45) is 6.50. The normalized spacial score (nSPS) is 18.6. The van der Waals surface area contributed by atoms with E-state index in [2.05, 4.69) is 20.6 Å². The molecule has 33 heavy (non-hydrogen) atoms. The fourth-order valence-electron chi connectivity index (χ4n) is 3.71. The number of carboxylic acid groups (broad SMARTS) is 1. The highest BCUT2D eigenvalue weighted by molar-refractivity contribution is 7.98. The summed E-state index contributed by atoms with van der Waals surface area (Å²) in [5, 5.41) is 14.9. The monoisotopic (exact) mass is 482 g/mol. The van der Waals surface area contributed by atoms with Crippen LogP contribution in [-0.2, 0) is 25.6 Å². The Kier molecular flexibility index (Phi) is 10.2. The van der Waals surface area contributed by atoms with Gasteiger partial charge in [-0.05, 0) is 37.2 Å². The van der Waals surface area contributed by atoms with Crippen LogP contribution < -0.4 is 16.4 Å². The van der Waals surface area contributed by atoms with Crippen molar-refractivity contribution in [1.82, 2.24) is 25.5 Å². The molecule has 1 saturated heterocycles. The Bertz CT molecular complexity index is 818. The number of nitrogens with one attached hydrogen (secondary N) is 3. The number of carboxylic acids is 1. The SMILES string of the molecule is CSCCC(N)C(=O)NC(Cc1cnc[nH]1)C(=O)NC(C(=O)N1CCCC1C(=O)O)C(C)C. The molecule has 12 heteroatoms. The molecule has 2 rings (SSSR count). The van der Waals surface area contributed by atoms with Gasteiger partial charge >= 0.3 is 5.97 Å². The molecule has 1 aromatic rings. The van der Waals surface area contributed by atoms with Gasteiger partial charge in [-0.2, -0.15) is 11.8 Å². The number of hydrogen-bond donors (Lipinski definition) is 5. The molecule has 0 bridgehead atoms. The van der Waals surface area contributed by atoms with Crippen molar-refractivity contribution in [2.75, 3.05) is 18.6 Å². The third-order valence-corrected chi connectivity index (χ3v) is 6.28. The predicted molar refractivity (Wildman–Crippen MR) is 124 cm³/mol. The minimum absolute atomic E-state index is 0.132. The quantitative estimate of drug-likeness (QED) is 0.271. The third kappa shape index (κ3) is 7.46. The van der Waals surface area contributed by atoms with Gasteiger partial charge in [0.05, 0.1) is 12.4 Å². The van der Waals surface area contributed by atoms with Crippen LogP contribution in [0.25, 0.3) is 0 Å². The number of likely N-dealkylation sites (tertiary alicyclic amines) is 1. The summed E-state index contributed by atoms with van der Waals surface area (Å²) in [5.74, 6) is -2.08. The van der Waals surface area contributed by atoms with E-state index in [0.29, 0.717) is 37.3 Å². The number of amides is 3. The van der Waals surface area contributed by atoms with Crippen molar-refractivity contribution in [2.24, 2.45) is 11.7 Å². The van der Waals surface area contributed by atoms with Crippen molar-refractivity contribution < 1.29 is 24.3 Å². The highest BCUT2D eigenvalue weighted by atomic mass is 32.2. The first-order valence-electron chi connectivity index (χ1n) is 11.0. The molecule has 1 aliphatic heterocycles. The fraction of sp³-hybridized carbons (Fsp3) is 0.667. The molecule has 11 nitrogen and oxygen atoms in total. The van der Waals surface area contributed by atoms with Crippen LogP contribution in [-0.4, -0.2) is 86.4 Å². The molecule has 0 spiro atoms. The number of nitrogens with two attached hydrogens (primary N) is 1. The van der Waals surface area contributed by atoms with Crippen LogP contribution in [0.2, 0.25) is 0 Å². The Balaban J connectivity index is 2.16. The van der Waals surface area contributed by atoms with E-state index in [4.69, 9.17) is 5.73 Å². The molecule has 0 aromatic carbocycles. The number of nitrogens with zero attached hydrogens (tertiary/aromatic N) is 2. The molecule has 184 valence electrons. The number of imidazole rings is 1. The average molecular weight is 483 g/mol. The second kappa shape index (κ2) is 12.6. The Labute approximate surface area is 197 Å². The van der Waals surface area contributed by atoms with Crippen LogP contribution in [0.3, 0.4) is 0 Å². The number of aliphatic carboxylic acids is 1. The summed E-state index contributed by atoms with van der Waals surface area (Å²) in [6.45, 7) is 3.87. The Morgan fingerprint density at radius 1 is 1.30 bits per heavy atom. The summed E-state index contributed by atoms with van der Waals surface area (Å²) in [5.41, 5.74) is 6.59. The van der Waals surface area contributed by atoms with Crippen molar-refractivity contribution >= 4 is 35.5 Å². The van der Waals surface area contributed by atoms with E-state index in [0.717, 1.165) is 0 Å². The van der Waals surface area contributed by atoms with E-state index in [-0.39, 0.29) is 12.3 Å². The molecule has 1 aromatic heterocycles. The first kappa shape index (κ1) is 26.7. The van der Waals surface area contributed by atoms with Crippen LogP contribution in [0.4, 0.5) is 0 Å². The van der Waals surface area contributed by atoms with Crippen LogP contribution in [0.5, 0.6) is 0 Å². The molecule has 1 aliphatic rings. The minimum Gasteiger partial charge on any atom is -0.480 e. The van der Waals surface area contributed by atoms with Crippen molar-refractivity contribution in [2.45, 2.75) is 63.7 Å². The van der Waals surface area contributed by atoms with Gasteiger partial charge in [0.2, 0.25) is 17.7 Å². The van der Waals surface area contributed by atoms with Gasteiger partial charge in [0.15, 0.2) is 0 Å². The number of aromatic amines is 1. The summed E-state index contributed by atoms with van der Waals surface area (Å²) >= 11 is 1.57. The number of carbonyl (C=O) groups is 4. The highest BCUT2D eigenvalue weighted by Gasteiger charge is 2.39. The van der Waals surface area contributed by atoms with Gasteiger partial charge in [-0.1, -0.05) is 13.8 Å². The zero-order valence-electron chi connectivity index (χ0n) is 19.2. The van der Waals surface area contributed by atoms with Crippen molar-refractivity contribution in [3.63, 3.8) is 0 Å². The first-order chi connectivity index (χ1) is 15.6. The van der Waals surface area contributed by atoms with Gasteiger partial charge < -0.3 is 31.4 Å². The maximum absolute atomic E-state index is 13.2. The average Bonchev–Trinajstić information content (AvgIpc) is 3.46. The van der Waals surface area contributed by atoms with E-state index in [9.17, 15) is 24.3 Å². The maximum Gasteiger partial charge on any atom is 0.326 e. The van der Waals surface area contributed by atoms with Gasteiger partial charge in [-0.15, -0.1) is 0 Å². The van der Waals surface area contributed by atoms with E-state index < -0.39 is 47.9 Å². The number of thioether (sulfide) groups is 1. The minimum atomic E-state index is -1.06. The fourth-order valence-corrected chi connectivity index (χ4v) is 4.20. The van der Waals surface area contributed by atoms with Crippen molar-refractivity contribution in [3.8, 4) is 0 Å². The highest BCUT2D eigenvalue weighted by Crippen LogP contribution is 2.20. The molecule has 2 heterocycles. The lowest BCUT2D eigenvalue weighted by Gasteiger charge is -2.30.